The fraction of sp³-hybridized carbons (Fsp3) is 0.273. The number of amides is 3. The van der Waals surface area contributed by atoms with Crippen LogP contribution in [0, 0.1) is 12.8 Å². The van der Waals surface area contributed by atoms with Crippen LogP contribution in [0.1, 0.15) is 23.6 Å². The highest BCUT2D eigenvalue weighted by molar-refractivity contribution is 5.94. The van der Waals surface area contributed by atoms with Crippen molar-refractivity contribution in [1.29, 1.82) is 0 Å². The van der Waals surface area contributed by atoms with Gasteiger partial charge in [0.25, 0.3) is 0 Å². The minimum atomic E-state index is -1.31. The van der Waals surface area contributed by atoms with Crippen molar-refractivity contribution >= 4 is 29.6 Å². The molecule has 0 radical (unpaired) electrons. The summed E-state index contributed by atoms with van der Waals surface area (Å²) in [5.74, 6) is -4.22. The topological polar surface area (TPSA) is 136 Å². The lowest BCUT2D eigenvalue weighted by Gasteiger charge is -2.30. The van der Waals surface area contributed by atoms with Crippen molar-refractivity contribution in [3.05, 3.63) is 65.7 Å². The first-order valence-corrected chi connectivity index (χ1v) is 9.71. The Labute approximate surface area is 178 Å². The van der Waals surface area contributed by atoms with E-state index in [4.69, 9.17) is 0 Å². The molecule has 9 nitrogen and oxygen atoms in total. The molecule has 3 rings (SSSR count). The maximum atomic E-state index is 13.0. The summed E-state index contributed by atoms with van der Waals surface area (Å²) in [7, 11) is 0. The summed E-state index contributed by atoms with van der Waals surface area (Å²) in [4.78, 5) is 49.8. The quantitative estimate of drug-likeness (QED) is 0.560. The van der Waals surface area contributed by atoms with E-state index < -0.39 is 48.4 Å². The molecule has 1 aliphatic heterocycles. The van der Waals surface area contributed by atoms with E-state index in [0.29, 0.717) is 11.3 Å². The molecule has 3 atom stereocenters. The molecule has 0 aromatic heterocycles. The molecular formula is C22H23N3O6. The number of aryl methyl sites for hydroxylation is 1. The van der Waals surface area contributed by atoms with Gasteiger partial charge in [-0.25, -0.2) is 9.59 Å². The molecule has 0 spiro atoms. The molecule has 9 heteroatoms. The number of aliphatic carboxylic acids is 2. The molecule has 4 N–H and O–H groups in total. The average molecular weight is 425 g/mol. The number of hydrogen-bond acceptors (Lipinski definition) is 4. The number of urea groups is 1. The lowest BCUT2D eigenvalue weighted by molar-refractivity contribution is -0.149. The maximum absolute atomic E-state index is 13.0. The predicted octanol–water partition coefficient (Wildman–Crippen LogP) is 2.24. The molecule has 1 heterocycles. The zero-order chi connectivity index (χ0) is 22.5. The fourth-order valence-electron chi connectivity index (χ4n) is 3.84. The summed E-state index contributed by atoms with van der Waals surface area (Å²) < 4.78 is 0. The Morgan fingerprint density at radius 3 is 2.32 bits per heavy atom. The Balaban J connectivity index is 1.77. The van der Waals surface area contributed by atoms with Gasteiger partial charge in [0.15, 0.2) is 0 Å². The molecule has 1 saturated heterocycles. The first-order valence-electron chi connectivity index (χ1n) is 9.71. The number of nitrogens with one attached hydrogen (secondary N) is 2. The van der Waals surface area contributed by atoms with E-state index in [1.165, 1.54) is 0 Å². The van der Waals surface area contributed by atoms with E-state index in [9.17, 15) is 29.4 Å². The van der Waals surface area contributed by atoms with Crippen LogP contribution >= 0.6 is 0 Å². The van der Waals surface area contributed by atoms with Gasteiger partial charge in [0.1, 0.15) is 6.04 Å². The van der Waals surface area contributed by atoms with E-state index in [1.807, 2.05) is 13.0 Å². The van der Waals surface area contributed by atoms with Gasteiger partial charge in [0.05, 0.1) is 18.5 Å². The minimum absolute atomic E-state index is 0.217. The Hall–Kier alpha value is -3.88. The number of carboxylic acid groups (broad SMARTS) is 2. The SMILES string of the molecule is Cc1cccc(NC(=O)NCC(=O)N2C(C(=O)O)CC(C(=O)O)C2c2ccccc2)c1. The number of carboxylic acids is 2. The smallest absolute Gasteiger partial charge is 0.326 e. The summed E-state index contributed by atoms with van der Waals surface area (Å²) in [5, 5.41) is 24.3. The Morgan fingerprint density at radius 2 is 1.71 bits per heavy atom. The second-order valence-corrected chi connectivity index (χ2v) is 7.37. The summed E-state index contributed by atoms with van der Waals surface area (Å²) in [6.07, 6.45) is -0.217. The first kappa shape index (κ1) is 21.8. The molecule has 1 aliphatic rings. The third kappa shape index (κ3) is 5.00. The number of anilines is 1. The highest BCUT2D eigenvalue weighted by Gasteiger charge is 2.50. The van der Waals surface area contributed by atoms with E-state index in [1.54, 1.807) is 48.5 Å². The van der Waals surface area contributed by atoms with Crippen molar-refractivity contribution < 1.29 is 29.4 Å². The van der Waals surface area contributed by atoms with Crippen molar-refractivity contribution in [2.24, 2.45) is 5.92 Å². The van der Waals surface area contributed by atoms with Crippen LogP contribution in [0.3, 0.4) is 0 Å². The summed E-state index contributed by atoms with van der Waals surface area (Å²) in [6, 6.07) is 12.6. The molecule has 2 aromatic carbocycles. The van der Waals surface area contributed by atoms with Crippen LogP contribution in [0.25, 0.3) is 0 Å². The number of carbonyl (C=O) groups excluding carboxylic acids is 2. The Bertz CT molecular complexity index is 994. The van der Waals surface area contributed by atoms with Gasteiger partial charge in [-0.3, -0.25) is 9.59 Å². The van der Waals surface area contributed by atoms with Gasteiger partial charge in [-0.05, 0) is 36.6 Å². The molecule has 3 unspecified atom stereocenters. The van der Waals surface area contributed by atoms with E-state index in [-0.39, 0.29) is 6.42 Å². The van der Waals surface area contributed by atoms with Crippen LogP contribution in [0.4, 0.5) is 10.5 Å². The van der Waals surface area contributed by atoms with Crippen molar-refractivity contribution in [2.45, 2.75) is 25.4 Å². The van der Waals surface area contributed by atoms with E-state index in [2.05, 4.69) is 10.6 Å². The van der Waals surface area contributed by atoms with Crippen molar-refractivity contribution in [2.75, 3.05) is 11.9 Å². The zero-order valence-corrected chi connectivity index (χ0v) is 16.8. The van der Waals surface area contributed by atoms with Gasteiger partial charge in [0.2, 0.25) is 5.91 Å². The predicted molar refractivity (Wildman–Crippen MR) is 111 cm³/mol. The Morgan fingerprint density at radius 1 is 1.00 bits per heavy atom. The van der Waals surface area contributed by atoms with Crippen LogP contribution in [-0.4, -0.2) is 51.6 Å². The summed E-state index contributed by atoms with van der Waals surface area (Å²) in [5.41, 5.74) is 2.01. The minimum Gasteiger partial charge on any atom is -0.481 e. The largest absolute Gasteiger partial charge is 0.481 e. The fourth-order valence-corrected chi connectivity index (χ4v) is 3.84. The second kappa shape index (κ2) is 9.29. The van der Waals surface area contributed by atoms with E-state index in [0.717, 1.165) is 10.5 Å². The van der Waals surface area contributed by atoms with E-state index >= 15 is 0 Å². The standard InChI is InChI=1S/C22H23N3O6/c1-13-6-5-9-15(10-13)24-22(31)23-12-18(26)25-17(21(29)30)11-16(20(27)28)19(25)14-7-3-2-4-8-14/h2-10,16-17,19H,11-12H2,1H3,(H,27,28)(H,29,30)(H2,23,24,31). The number of benzene rings is 2. The Kier molecular flexibility index (Phi) is 6.54. The van der Waals surface area contributed by atoms with Gasteiger partial charge < -0.3 is 25.7 Å². The van der Waals surface area contributed by atoms with Crippen molar-refractivity contribution in [1.82, 2.24) is 10.2 Å². The van der Waals surface area contributed by atoms with Crippen LogP contribution in [0.5, 0.6) is 0 Å². The van der Waals surface area contributed by atoms with Crippen molar-refractivity contribution in [3.8, 4) is 0 Å². The van der Waals surface area contributed by atoms with Crippen molar-refractivity contribution in [3.63, 3.8) is 0 Å². The normalized spacial score (nSPS) is 20.2. The molecule has 0 aliphatic carbocycles. The van der Waals surface area contributed by atoms with Gasteiger partial charge in [-0.1, -0.05) is 42.5 Å². The summed E-state index contributed by atoms with van der Waals surface area (Å²) in [6.45, 7) is 1.39. The van der Waals surface area contributed by atoms with Gasteiger partial charge >= 0.3 is 18.0 Å². The van der Waals surface area contributed by atoms with Crippen LogP contribution in [0.15, 0.2) is 54.6 Å². The lowest BCUT2D eigenvalue weighted by atomic mass is 9.93. The molecule has 2 aromatic rings. The highest BCUT2D eigenvalue weighted by atomic mass is 16.4. The lowest BCUT2D eigenvalue weighted by Crippen LogP contribution is -2.47. The molecule has 162 valence electrons. The van der Waals surface area contributed by atoms with Gasteiger partial charge in [0, 0.05) is 5.69 Å². The number of carbonyl (C=O) groups is 4. The molecule has 1 fully saturated rings. The highest BCUT2D eigenvalue weighted by Crippen LogP contribution is 2.41. The molecule has 3 amide bonds. The second-order valence-electron chi connectivity index (χ2n) is 7.37. The van der Waals surface area contributed by atoms with Crippen LogP contribution < -0.4 is 10.6 Å². The first-order chi connectivity index (χ1) is 14.8. The maximum Gasteiger partial charge on any atom is 0.326 e. The number of rotatable bonds is 6. The number of hydrogen-bond donors (Lipinski definition) is 4. The molecular weight excluding hydrogens is 402 g/mol. The average Bonchev–Trinajstić information content (AvgIpc) is 3.14. The third-order valence-corrected chi connectivity index (χ3v) is 5.20. The summed E-state index contributed by atoms with van der Waals surface area (Å²) >= 11 is 0. The molecule has 0 saturated carbocycles. The molecule has 0 bridgehead atoms. The van der Waals surface area contributed by atoms with Crippen LogP contribution in [-0.2, 0) is 14.4 Å². The zero-order valence-electron chi connectivity index (χ0n) is 16.8. The van der Waals surface area contributed by atoms with Gasteiger partial charge in [-0.15, -0.1) is 0 Å². The van der Waals surface area contributed by atoms with Gasteiger partial charge in [-0.2, -0.15) is 0 Å². The monoisotopic (exact) mass is 425 g/mol. The molecule has 31 heavy (non-hydrogen) atoms. The third-order valence-electron chi connectivity index (χ3n) is 5.20. The number of nitrogens with zero attached hydrogens (tertiary/aromatic N) is 1. The van der Waals surface area contributed by atoms with Crippen LogP contribution in [0.2, 0.25) is 0 Å². The number of likely N-dealkylation sites (tertiary alicyclic amines) is 1.